The van der Waals surface area contributed by atoms with Crippen LogP contribution in [0.5, 0.6) is 17.2 Å². The summed E-state index contributed by atoms with van der Waals surface area (Å²) in [6.45, 7) is 3.14. The molecule has 1 heterocycles. The van der Waals surface area contributed by atoms with E-state index in [0.717, 1.165) is 5.56 Å². The van der Waals surface area contributed by atoms with Crippen LogP contribution >= 0.6 is 0 Å². The van der Waals surface area contributed by atoms with E-state index in [1.807, 2.05) is 0 Å². The second kappa shape index (κ2) is 8.50. The van der Waals surface area contributed by atoms with Crippen LogP contribution < -0.4 is 14.2 Å². The molecule has 8 heteroatoms. The van der Waals surface area contributed by atoms with E-state index in [9.17, 15) is 20.4 Å². The minimum absolute atomic E-state index is 0.169. The third-order valence-corrected chi connectivity index (χ3v) is 3.98. The molecule has 25 heavy (non-hydrogen) atoms. The van der Waals surface area contributed by atoms with E-state index in [1.165, 1.54) is 14.2 Å². The van der Waals surface area contributed by atoms with Crippen LogP contribution in [0, 0.1) is 0 Å². The van der Waals surface area contributed by atoms with Gasteiger partial charge < -0.3 is 39.4 Å². The highest BCUT2D eigenvalue weighted by Gasteiger charge is 2.45. The van der Waals surface area contributed by atoms with E-state index in [-0.39, 0.29) is 5.75 Å². The van der Waals surface area contributed by atoms with Gasteiger partial charge in [0, 0.05) is 0 Å². The van der Waals surface area contributed by atoms with E-state index >= 15 is 0 Å². The maximum absolute atomic E-state index is 10.1. The molecule has 0 spiro atoms. The van der Waals surface area contributed by atoms with E-state index in [0.29, 0.717) is 17.9 Å². The molecule has 140 valence electrons. The summed E-state index contributed by atoms with van der Waals surface area (Å²) in [6, 6.07) is 3.45. The van der Waals surface area contributed by atoms with Crippen molar-refractivity contribution in [3.8, 4) is 17.2 Å². The van der Waals surface area contributed by atoms with E-state index in [4.69, 9.17) is 18.9 Å². The molecule has 1 saturated heterocycles. The third kappa shape index (κ3) is 4.05. The molecule has 4 N–H and O–H groups in total. The van der Waals surface area contributed by atoms with Crippen molar-refractivity contribution in [1.82, 2.24) is 0 Å². The Kier molecular flexibility index (Phi) is 6.63. The predicted octanol–water partition coefficient (Wildman–Crippen LogP) is -0.389. The molecule has 5 atom stereocenters. The number of aliphatic hydroxyl groups excluding tert-OH is 4. The first-order valence-electron chi connectivity index (χ1n) is 7.79. The Morgan fingerprint density at radius 2 is 1.68 bits per heavy atom. The topological polar surface area (TPSA) is 118 Å². The molecule has 2 rings (SSSR count). The average Bonchev–Trinajstić information content (AvgIpc) is 2.62. The molecule has 0 aliphatic carbocycles. The van der Waals surface area contributed by atoms with Crippen LogP contribution in [-0.4, -0.2) is 72.0 Å². The van der Waals surface area contributed by atoms with Gasteiger partial charge in [0.05, 0.1) is 20.8 Å². The van der Waals surface area contributed by atoms with Crippen LogP contribution in [0.15, 0.2) is 24.8 Å². The third-order valence-electron chi connectivity index (χ3n) is 3.98. The minimum Gasteiger partial charge on any atom is -0.493 e. The molecule has 1 fully saturated rings. The van der Waals surface area contributed by atoms with Crippen molar-refractivity contribution in [2.24, 2.45) is 0 Å². The number of rotatable bonds is 7. The monoisotopic (exact) mass is 356 g/mol. The molecule has 1 aliphatic rings. The number of ether oxygens (including phenoxy) is 4. The highest BCUT2D eigenvalue weighted by Crippen LogP contribution is 2.40. The Bertz CT molecular complexity index is 563. The number of hydrogen-bond acceptors (Lipinski definition) is 8. The van der Waals surface area contributed by atoms with Crippen LogP contribution in [0.1, 0.15) is 5.56 Å². The lowest BCUT2D eigenvalue weighted by atomic mass is 9.99. The molecular formula is C17H24O8. The van der Waals surface area contributed by atoms with Gasteiger partial charge >= 0.3 is 0 Å². The molecule has 1 aromatic rings. The zero-order chi connectivity index (χ0) is 18.6. The van der Waals surface area contributed by atoms with Crippen molar-refractivity contribution < 1.29 is 39.4 Å². The molecule has 1 aliphatic heterocycles. The number of aliphatic hydroxyl groups is 4. The summed E-state index contributed by atoms with van der Waals surface area (Å²) in [5.41, 5.74) is 0.879. The van der Waals surface area contributed by atoms with Gasteiger partial charge in [-0.25, -0.2) is 0 Å². The summed E-state index contributed by atoms with van der Waals surface area (Å²) < 4.78 is 21.6. The highest BCUT2D eigenvalue weighted by atomic mass is 16.7. The fourth-order valence-corrected chi connectivity index (χ4v) is 2.62. The predicted molar refractivity (Wildman–Crippen MR) is 87.8 cm³/mol. The Labute approximate surface area is 145 Å². The molecule has 0 unspecified atom stereocenters. The number of hydrogen-bond donors (Lipinski definition) is 4. The van der Waals surface area contributed by atoms with Crippen LogP contribution in [-0.2, 0) is 11.2 Å². The van der Waals surface area contributed by atoms with Crippen molar-refractivity contribution in [2.45, 2.75) is 37.1 Å². The Balaban J connectivity index is 2.33. The molecule has 0 aromatic heterocycles. The quantitative estimate of drug-likeness (QED) is 0.488. The lowest BCUT2D eigenvalue weighted by Gasteiger charge is -2.39. The maximum atomic E-state index is 10.1. The van der Waals surface area contributed by atoms with Gasteiger partial charge in [-0.3, -0.25) is 0 Å². The summed E-state index contributed by atoms with van der Waals surface area (Å²) in [7, 11) is 2.90. The SMILES string of the molecule is C=CCc1cc(OC)c(O[C@H]2O[C@H](CO)[C@@H](O)[C@H](O)[C@H]2O)c(OC)c1. The lowest BCUT2D eigenvalue weighted by Crippen LogP contribution is -2.60. The molecule has 0 bridgehead atoms. The minimum atomic E-state index is -1.53. The van der Waals surface area contributed by atoms with Crippen LogP contribution in [0.2, 0.25) is 0 Å². The summed E-state index contributed by atoms with van der Waals surface area (Å²) in [6.07, 6.45) is -4.60. The van der Waals surface area contributed by atoms with E-state index in [1.54, 1.807) is 18.2 Å². The van der Waals surface area contributed by atoms with Gasteiger partial charge in [-0.1, -0.05) is 6.08 Å². The van der Waals surface area contributed by atoms with E-state index < -0.39 is 37.3 Å². The van der Waals surface area contributed by atoms with Crippen molar-refractivity contribution in [3.05, 3.63) is 30.4 Å². The van der Waals surface area contributed by atoms with Crippen molar-refractivity contribution >= 4 is 0 Å². The second-order valence-electron chi connectivity index (χ2n) is 5.64. The standard InChI is InChI=1S/C17H24O8/c1-4-5-9-6-10(22-2)16(11(7-9)23-3)25-17-15(21)14(20)13(19)12(8-18)24-17/h4,6-7,12-15,17-21H,1,5,8H2,2-3H3/t12-,13-,14+,15-,17-/m1/s1. The van der Waals surface area contributed by atoms with Gasteiger partial charge in [0.2, 0.25) is 12.0 Å². The van der Waals surface area contributed by atoms with Crippen molar-refractivity contribution in [3.63, 3.8) is 0 Å². The van der Waals surface area contributed by atoms with Crippen molar-refractivity contribution in [1.29, 1.82) is 0 Å². The number of methoxy groups -OCH3 is 2. The van der Waals surface area contributed by atoms with Crippen LogP contribution in [0.25, 0.3) is 0 Å². The second-order valence-corrected chi connectivity index (χ2v) is 5.64. The number of allylic oxidation sites excluding steroid dienone is 1. The van der Waals surface area contributed by atoms with Gasteiger partial charge in [0.15, 0.2) is 11.5 Å². The summed E-state index contributed by atoms with van der Waals surface area (Å²) >= 11 is 0. The molecule has 0 radical (unpaired) electrons. The zero-order valence-corrected chi connectivity index (χ0v) is 14.2. The van der Waals surface area contributed by atoms with Gasteiger partial charge in [-0.15, -0.1) is 6.58 Å². The van der Waals surface area contributed by atoms with Gasteiger partial charge in [0.25, 0.3) is 0 Å². The molecule has 0 amide bonds. The Hall–Kier alpha value is -1.84. The fourth-order valence-electron chi connectivity index (χ4n) is 2.62. The highest BCUT2D eigenvalue weighted by molar-refractivity contribution is 5.54. The van der Waals surface area contributed by atoms with Crippen LogP contribution in [0.3, 0.4) is 0 Å². The summed E-state index contributed by atoms with van der Waals surface area (Å²) in [5, 5.41) is 39.1. The summed E-state index contributed by atoms with van der Waals surface area (Å²) in [4.78, 5) is 0. The average molecular weight is 356 g/mol. The fraction of sp³-hybridized carbons (Fsp3) is 0.529. The first-order valence-corrected chi connectivity index (χ1v) is 7.79. The number of benzene rings is 1. The lowest BCUT2D eigenvalue weighted by molar-refractivity contribution is -0.277. The van der Waals surface area contributed by atoms with Gasteiger partial charge in [-0.2, -0.15) is 0 Å². The van der Waals surface area contributed by atoms with Gasteiger partial charge in [0.1, 0.15) is 24.4 Å². The first-order chi connectivity index (χ1) is 12.0. The molecular weight excluding hydrogens is 332 g/mol. The first kappa shape index (κ1) is 19.5. The largest absolute Gasteiger partial charge is 0.493 e. The molecule has 8 nitrogen and oxygen atoms in total. The molecule has 1 aromatic carbocycles. The van der Waals surface area contributed by atoms with Crippen molar-refractivity contribution in [2.75, 3.05) is 20.8 Å². The summed E-state index contributed by atoms with van der Waals surface area (Å²) in [5.74, 6) is 0.850. The Morgan fingerprint density at radius 1 is 1.08 bits per heavy atom. The smallest absolute Gasteiger partial charge is 0.229 e. The maximum Gasteiger partial charge on any atom is 0.229 e. The van der Waals surface area contributed by atoms with Gasteiger partial charge in [-0.05, 0) is 24.1 Å². The normalized spacial score (nSPS) is 29.1. The van der Waals surface area contributed by atoms with Crippen LogP contribution in [0.4, 0.5) is 0 Å². The van der Waals surface area contributed by atoms with E-state index in [2.05, 4.69) is 6.58 Å². The zero-order valence-electron chi connectivity index (χ0n) is 14.2. The Morgan fingerprint density at radius 3 is 2.16 bits per heavy atom. The molecule has 0 saturated carbocycles.